The highest BCUT2D eigenvalue weighted by atomic mass is 35.5. The Labute approximate surface area is 87.6 Å². The Balaban J connectivity index is 0. The van der Waals surface area contributed by atoms with Crippen molar-refractivity contribution in [2.45, 2.75) is 23.6 Å². The van der Waals surface area contributed by atoms with E-state index in [9.17, 15) is 4.79 Å². The lowest BCUT2D eigenvalue weighted by Gasteiger charge is -2.12. The molecular formula is C6H12Cl3NO2. The highest BCUT2D eigenvalue weighted by molar-refractivity contribution is 6.57. The topological polar surface area (TPSA) is 63.3 Å². The fourth-order valence-corrected chi connectivity index (χ4v) is 0.866. The molecule has 0 amide bonds. The summed E-state index contributed by atoms with van der Waals surface area (Å²) in [5.74, 6) is -1.20. The molecule has 0 unspecified atom stereocenters. The van der Waals surface area contributed by atoms with Crippen LogP contribution in [0.5, 0.6) is 0 Å². The molecule has 0 aliphatic rings. The molecule has 6 heteroatoms. The summed E-state index contributed by atoms with van der Waals surface area (Å²) < 4.78 is -1.64. The van der Waals surface area contributed by atoms with Crippen LogP contribution < -0.4 is 5.73 Å². The van der Waals surface area contributed by atoms with Crippen LogP contribution in [0.15, 0.2) is 0 Å². The summed E-state index contributed by atoms with van der Waals surface area (Å²) in [6, 6.07) is 0. The van der Waals surface area contributed by atoms with Crippen molar-refractivity contribution in [3.05, 3.63) is 0 Å². The molecule has 0 saturated heterocycles. The molecule has 0 fully saturated rings. The van der Waals surface area contributed by atoms with Gasteiger partial charge in [-0.25, -0.2) is 4.79 Å². The summed E-state index contributed by atoms with van der Waals surface area (Å²) >= 11 is 10.9. The summed E-state index contributed by atoms with van der Waals surface area (Å²) in [7, 11) is 0. The van der Waals surface area contributed by atoms with Crippen molar-refractivity contribution in [3.8, 4) is 0 Å². The third-order valence-corrected chi connectivity index (χ3v) is 1.96. The molecule has 0 aliphatic heterocycles. The zero-order chi connectivity index (χ0) is 8.91. The van der Waals surface area contributed by atoms with Gasteiger partial charge in [-0.1, -0.05) is 23.2 Å². The first-order valence-corrected chi connectivity index (χ1v) is 4.07. The van der Waals surface area contributed by atoms with Gasteiger partial charge in [0.1, 0.15) is 0 Å². The zero-order valence-corrected chi connectivity index (χ0v) is 8.75. The van der Waals surface area contributed by atoms with Gasteiger partial charge < -0.3 is 10.8 Å². The van der Waals surface area contributed by atoms with E-state index < -0.39 is 10.3 Å². The number of hydrogen-bond acceptors (Lipinski definition) is 2. The van der Waals surface area contributed by atoms with E-state index in [1.54, 1.807) is 0 Å². The van der Waals surface area contributed by atoms with Crippen LogP contribution >= 0.6 is 35.6 Å². The van der Waals surface area contributed by atoms with Gasteiger partial charge >= 0.3 is 5.97 Å². The summed E-state index contributed by atoms with van der Waals surface area (Å²) in [5, 5.41) is 8.45. The summed E-state index contributed by atoms with van der Waals surface area (Å²) in [6.45, 7) is 0.531. The van der Waals surface area contributed by atoms with Gasteiger partial charge in [-0.15, -0.1) is 12.4 Å². The molecule has 0 heterocycles. The first-order valence-electron chi connectivity index (χ1n) is 3.32. The largest absolute Gasteiger partial charge is 0.479 e. The first kappa shape index (κ1) is 14.8. The third-order valence-electron chi connectivity index (χ3n) is 1.26. The van der Waals surface area contributed by atoms with Gasteiger partial charge in [0.2, 0.25) is 4.33 Å². The average Bonchev–Trinajstić information content (AvgIpc) is 1.88. The van der Waals surface area contributed by atoms with Crippen LogP contribution in [0.25, 0.3) is 0 Å². The Morgan fingerprint density at radius 2 is 1.92 bits per heavy atom. The van der Waals surface area contributed by atoms with Gasteiger partial charge in [0, 0.05) is 0 Å². The number of rotatable bonds is 5. The van der Waals surface area contributed by atoms with Gasteiger partial charge in [-0.05, 0) is 25.8 Å². The van der Waals surface area contributed by atoms with E-state index in [2.05, 4.69) is 0 Å². The van der Waals surface area contributed by atoms with E-state index in [4.69, 9.17) is 34.0 Å². The second-order valence-electron chi connectivity index (χ2n) is 2.26. The quantitative estimate of drug-likeness (QED) is 0.565. The maximum atomic E-state index is 10.3. The molecule has 0 aliphatic carbocycles. The standard InChI is InChI=1S/C6H11Cl2NO2.ClH/c7-6(8,5(10)11)3-1-2-4-9;/h1-4,9H2,(H,10,11);1H. The van der Waals surface area contributed by atoms with Crippen molar-refractivity contribution >= 4 is 41.6 Å². The first-order chi connectivity index (χ1) is 5.00. The molecule has 74 valence electrons. The molecule has 0 bridgehead atoms. The number of aliphatic carboxylic acids is 1. The van der Waals surface area contributed by atoms with Crippen LogP contribution in [0.1, 0.15) is 19.3 Å². The highest BCUT2D eigenvalue weighted by Crippen LogP contribution is 2.27. The second-order valence-corrected chi connectivity index (χ2v) is 3.74. The van der Waals surface area contributed by atoms with E-state index in [1.165, 1.54) is 0 Å². The van der Waals surface area contributed by atoms with Crippen molar-refractivity contribution in [1.82, 2.24) is 0 Å². The molecule has 0 aromatic rings. The SMILES string of the molecule is Cl.NCCCCC(Cl)(Cl)C(=O)O. The Kier molecular flexibility index (Phi) is 8.36. The molecule has 0 rings (SSSR count). The summed E-state index contributed by atoms with van der Waals surface area (Å²) in [4.78, 5) is 10.3. The fraction of sp³-hybridized carbons (Fsp3) is 0.833. The molecule has 0 aromatic carbocycles. The number of hydrogen-bond donors (Lipinski definition) is 2. The number of unbranched alkanes of at least 4 members (excludes halogenated alkanes) is 1. The maximum absolute atomic E-state index is 10.3. The Hall–Kier alpha value is 0.300. The van der Waals surface area contributed by atoms with Gasteiger partial charge in [-0.2, -0.15) is 0 Å². The fourth-order valence-electron chi connectivity index (χ4n) is 0.598. The Morgan fingerprint density at radius 3 is 2.25 bits per heavy atom. The second kappa shape index (κ2) is 6.78. The van der Waals surface area contributed by atoms with Crippen LogP contribution in [0.4, 0.5) is 0 Å². The van der Waals surface area contributed by atoms with E-state index in [0.717, 1.165) is 6.42 Å². The average molecular weight is 237 g/mol. The lowest BCUT2D eigenvalue weighted by atomic mass is 10.2. The number of alkyl halides is 2. The predicted octanol–water partition coefficient (Wildman–Crippen LogP) is 1.80. The molecule has 0 radical (unpaired) electrons. The Morgan fingerprint density at radius 1 is 1.42 bits per heavy atom. The zero-order valence-electron chi connectivity index (χ0n) is 6.43. The van der Waals surface area contributed by atoms with Crippen LogP contribution in [0.2, 0.25) is 0 Å². The number of carbonyl (C=O) groups is 1. The third kappa shape index (κ3) is 5.89. The van der Waals surface area contributed by atoms with Crippen LogP contribution in [0, 0.1) is 0 Å². The van der Waals surface area contributed by atoms with E-state index in [0.29, 0.717) is 13.0 Å². The number of halogens is 3. The van der Waals surface area contributed by atoms with Crippen molar-refractivity contribution in [3.63, 3.8) is 0 Å². The lowest BCUT2D eigenvalue weighted by Crippen LogP contribution is -2.25. The molecule has 0 spiro atoms. The van der Waals surface area contributed by atoms with Crippen LogP contribution in [-0.2, 0) is 4.79 Å². The molecule has 3 N–H and O–H groups in total. The Bertz CT molecular complexity index is 141. The minimum atomic E-state index is -1.64. The normalized spacial score (nSPS) is 10.6. The number of carboxylic acid groups (broad SMARTS) is 1. The highest BCUT2D eigenvalue weighted by Gasteiger charge is 2.32. The van der Waals surface area contributed by atoms with Gasteiger partial charge in [-0.3, -0.25) is 0 Å². The van der Waals surface area contributed by atoms with E-state index >= 15 is 0 Å². The van der Waals surface area contributed by atoms with Crippen molar-refractivity contribution in [2.24, 2.45) is 5.73 Å². The molecule has 0 atom stereocenters. The van der Waals surface area contributed by atoms with E-state index in [-0.39, 0.29) is 18.8 Å². The van der Waals surface area contributed by atoms with Crippen LogP contribution in [-0.4, -0.2) is 22.0 Å². The minimum Gasteiger partial charge on any atom is -0.479 e. The van der Waals surface area contributed by atoms with Crippen molar-refractivity contribution in [1.29, 1.82) is 0 Å². The van der Waals surface area contributed by atoms with Gasteiger partial charge in [0.05, 0.1) is 0 Å². The van der Waals surface area contributed by atoms with E-state index in [1.807, 2.05) is 0 Å². The summed E-state index contributed by atoms with van der Waals surface area (Å²) in [6.07, 6.45) is 1.62. The number of nitrogens with two attached hydrogens (primary N) is 1. The number of carboxylic acids is 1. The van der Waals surface area contributed by atoms with Crippen molar-refractivity contribution < 1.29 is 9.90 Å². The minimum absolute atomic E-state index is 0. The molecule has 0 aromatic heterocycles. The van der Waals surface area contributed by atoms with Gasteiger partial charge in [0.25, 0.3) is 0 Å². The molecule has 12 heavy (non-hydrogen) atoms. The molecule has 3 nitrogen and oxygen atoms in total. The maximum Gasteiger partial charge on any atom is 0.340 e. The predicted molar refractivity (Wildman–Crippen MR) is 52.2 cm³/mol. The smallest absolute Gasteiger partial charge is 0.340 e. The lowest BCUT2D eigenvalue weighted by molar-refractivity contribution is -0.138. The molecule has 0 saturated carbocycles. The van der Waals surface area contributed by atoms with Gasteiger partial charge in [0.15, 0.2) is 0 Å². The summed E-state index contributed by atoms with van der Waals surface area (Å²) in [5.41, 5.74) is 5.20. The monoisotopic (exact) mass is 235 g/mol. The van der Waals surface area contributed by atoms with Crippen LogP contribution in [0.3, 0.4) is 0 Å². The van der Waals surface area contributed by atoms with Crippen molar-refractivity contribution in [2.75, 3.05) is 6.54 Å². The molecular weight excluding hydrogens is 224 g/mol.